The Bertz CT molecular complexity index is 322. The molecule has 1 heterocycles. The molecule has 0 saturated heterocycles. The molecule has 0 aliphatic rings. The summed E-state index contributed by atoms with van der Waals surface area (Å²) in [5.74, 6) is 0.307. The summed E-state index contributed by atoms with van der Waals surface area (Å²) in [6.45, 7) is 6.12. The fourth-order valence-corrected chi connectivity index (χ4v) is 2.43. The number of thiophene rings is 1. The predicted molar refractivity (Wildman–Crippen MR) is 68.3 cm³/mol. The molecule has 3 nitrogen and oxygen atoms in total. The quantitative estimate of drug-likeness (QED) is 0.829. The third kappa shape index (κ3) is 3.32. The highest BCUT2D eigenvalue weighted by Crippen LogP contribution is 2.25. The molecule has 1 aromatic heterocycles. The van der Waals surface area contributed by atoms with E-state index >= 15 is 0 Å². The van der Waals surface area contributed by atoms with Crippen LogP contribution < -0.4 is 11.1 Å². The topological polar surface area (TPSA) is 55.1 Å². The van der Waals surface area contributed by atoms with Gasteiger partial charge < -0.3 is 11.1 Å². The van der Waals surface area contributed by atoms with Crippen molar-refractivity contribution in [1.82, 2.24) is 5.32 Å². The van der Waals surface area contributed by atoms with Crippen LogP contribution in [0.5, 0.6) is 0 Å². The van der Waals surface area contributed by atoms with Crippen molar-refractivity contribution < 1.29 is 4.79 Å². The standard InChI is InChI=1S/C12H20N2OS/c1-4-9(13)12(15)14-11(8(2)3)10-6-5-7-16-10/h5-9,11H,4,13H2,1-3H3,(H,14,15)/t9-,11?/m0/s1. The fraction of sp³-hybridized carbons (Fsp3) is 0.583. The van der Waals surface area contributed by atoms with Crippen molar-refractivity contribution in [1.29, 1.82) is 0 Å². The fourth-order valence-electron chi connectivity index (χ4n) is 1.48. The maximum absolute atomic E-state index is 11.8. The molecule has 16 heavy (non-hydrogen) atoms. The van der Waals surface area contributed by atoms with E-state index in [0.29, 0.717) is 12.3 Å². The molecule has 0 bridgehead atoms. The van der Waals surface area contributed by atoms with E-state index in [9.17, 15) is 4.79 Å². The van der Waals surface area contributed by atoms with Crippen LogP contribution in [0, 0.1) is 5.92 Å². The zero-order valence-electron chi connectivity index (χ0n) is 10.1. The van der Waals surface area contributed by atoms with E-state index in [1.807, 2.05) is 24.4 Å². The first-order valence-electron chi connectivity index (χ1n) is 5.65. The van der Waals surface area contributed by atoms with E-state index in [0.717, 1.165) is 0 Å². The van der Waals surface area contributed by atoms with Crippen LogP contribution in [-0.4, -0.2) is 11.9 Å². The Hall–Kier alpha value is -0.870. The molecule has 1 amide bonds. The zero-order valence-corrected chi connectivity index (χ0v) is 10.9. The maximum Gasteiger partial charge on any atom is 0.237 e. The van der Waals surface area contributed by atoms with Crippen LogP contribution in [0.15, 0.2) is 17.5 Å². The van der Waals surface area contributed by atoms with Crippen LogP contribution >= 0.6 is 11.3 Å². The van der Waals surface area contributed by atoms with Gasteiger partial charge in [-0.1, -0.05) is 26.8 Å². The molecule has 1 rings (SSSR count). The maximum atomic E-state index is 11.8. The molecule has 0 spiro atoms. The van der Waals surface area contributed by atoms with Gasteiger partial charge >= 0.3 is 0 Å². The van der Waals surface area contributed by atoms with Gasteiger partial charge in [0.1, 0.15) is 0 Å². The highest BCUT2D eigenvalue weighted by Gasteiger charge is 2.21. The van der Waals surface area contributed by atoms with Crippen molar-refractivity contribution in [2.45, 2.75) is 39.3 Å². The highest BCUT2D eigenvalue weighted by atomic mass is 32.1. The van der Waals surface area contributed by atoms with Gasteiger partial charge in [-0.15, -0.1) is 11.3 Å². The summed E-state index contributed by atoms with van der Waals surface area (Å²) in [6, 6.07) is 3.72. The van der Waals surface area contributed by atoms with E-state index in [4.69, 9.17) is 5.73 Å². The molecule has 0 fully saturated rings. The molecule has 0 saturated carbocycles. The Balaban J connectivity index is 2.70. The minimum atomic E-state index is -0.402. The van der Waals surface area contributed by atoms with Crippen molar-refractivity contribution in [2.24, 2.45) is 11.7 Å². The first-order chi connectivity index (χ1) is 7.56. The minimum Gasteiger partial charge on any atom is -0.347 e. The molecule has 0 radical (unpaired) electrons. The summed E-state index contributed by atoms with van der Waals surface area (Å²) in [4.78, 5) is 12.9. The van der Waals surface area contributed by atoms with E-state index < -0.39 is 6.04 Å². The van der Waals surface area contributed by atoms with Gasteiger partial charge in [-0.3, -0.25) is 4.79 Å². The van der Waals surface area contributed by atoms with Gasteiger partial charge in [0.2, 0.25) is 5.91 Å². The summed E-state index contributed by atoms with van der Waals surface area (Å²) >= 11 is 1.67. The van der Waals surface area contributed by atoms with Gasteiger partial charge in [-0.25, -0.2) is 0 Å². The molecule has 3 N–H and O–H groups in total. The van der Waals surface area contributed by atoms with Crippen molar-refractivity contribution in [2.75, 3.05) is 0 Å². The third-order valence-corrected chi connectivity index (χ3v) is 3.55. The lowest BCUT2D eigenvalue weighted by molar-refractivity contribution is -0.123. The molecule has 0 aliphatic carbocycles. The van der Waals surface area contributed by atoms with Crippen LogP contribution in [0.25, 0.3) is 0 Å². The summed E-state index contributed by atoms with van der Waals surface area (Å²) in [6.07, 6.45) is 0.668. The summed E-state index contributed by atoms with van der Waals surface area (Å²) in [5.41, 5.74) is 5.71. The molecular formula is C12H20N2OS. The number of rotatable bonds is 5. The van der Waals surface area contributed by atoms with Crippen LogP contribution in [0.1, 0.15) is 38.1 Å². The Morgan fingerprint density at radius 3 is 2.69 bits per heavy atom. The Morgan fingerprint density at radius 2 is 2.25 bits per heavy atom. The largest absolute Gasteiger partial charge is 0.347 e. The van der Waals surface area contributed by atoms with Crippen LogP contribution in [-0.2, 0) is 4.79 Å². The number of hydrogen-bond donors (Lipinski definition) is 2. The van der Waals surface area contributed by atoms with Crippen molar-refractivity contribution in [3.05, 3.63) is 22.4 Å². The van der Waals surface area contributed by atoms with E-state index in [1.165, 1.54) is 4.88 Å². The molecule has 0 aromatic carbocycles. The van der Waals surface area contributed by atoms with Gasteiger partial charge in [0.05, 0.1) is 12.1 Å². The predicted octanol–water partition coefficient (Wildman–Crippen LogP) is 2.30. The van der Waals surface area contributed by atoms with Gasteiger partial charge in [-0.2, -0.15) is 0 Å². The van der Waals surface area contributed by atoms with Crippen LogP contribution in [0.4, 0.5) is 0 Å². The molecule has 1 unspecified atom stereocenters. The van der Waals surface area contributed by atoms with Crippen LogP contribution in [0.2, 0.25) is 0 Å². The Kier molecular flexibility index (Phi) is 4.96. The first kappa shape index (κ1) is 13.2. The van der Waals surface area contributed by atoms with Gasteiger partial charge in [0.15, 0.2) is 0 Å². The average Bonchev–Trinajstić information content (AvgIpc) is 2.76. The lowest BCUT2D eigenvalue weighted by Gasteiger charge is -2.22. The minimum absolute atomic E-state index is 0.0606. The lowest BCUT2D eigenvalue weighted by atomic mass is 10.0. The molecule has 2 atom stereocenters. The Labute approximate surface area is 101 Å². The van der Waals surface area contributed by atoms with Crippen molar-refractivity contribution >= 4 is 17.2 Å². The molecule has 90 valence electrons. The normalized spacial score (nSPS) is 14.8. The van der Waals surface area contributed by atoms with E-state index in [-0.39, 0.29) is 11.9 Å². The number of amides is 1. The van der Waals surface area contributed by atoms with E-state index in [2.05, 4.69) is 19.2 Å². The highest BCUT2D eigenvalue weighted by molar-refractivity contribution is 7.10. The number of nitrogens with one attached hydrogen (secondary N) is 1. The van der Waals surface area contributed by atoms with Gasteiger partial charge in [0.25, 0.3) is 0 Å². The average molecular weight is 240 g/mol. The second-order valence-corrected chi connectivity index (χ2v) is 5.24. The number of carbonyl (C=O) groups excluding carboxylic acids is 1. The SMILES string of the molecule is CC[C@H](N)C(=O)NC(c1cccs1)C(C)C. The third-order valence-electron chi connectivity index (χ3n) is 2.59. The number of nitrogens with two attached hydrogens (primary N) is 1. The second kappa shape index (κ2) is 6.01. The molecule has 4 heteroatoms. The second-order valence-electron chi connectivity index (χ2n) is 4.26. The number of carbonyl (C=O) groups is 1. The lowest BCUT2D eigenvalue weighted by Crippen LogP contribution is -2.42. The summed E-state index contributed by atoms with van der Waals surface area (Å²) in [7, 11) is 0. The van der Waals surface area contributed by atoms with Crippen molar-refractivity contribution in [3.63, 3.8) is 0 Å². The molecule has 0 aliphatic heterocycles. The number of hydrogen-bond acceptors (Lipinski definition) is 3. The Morgan fingerprint density at radius 1 is 1.56 bits per heavy atom. The van der Waals surface area contributed by atoms with E-state index in [1.54, 1.807) is 11.3 Å². The van der Waals surface area contributed by atoms with Gasteiger partial charge in [-0.05, 0) is 23.8 Å². The van der Waals surface area contributed by atoms with Crippen LogP contribution in [0.3, 0.4) is 0 Å². The van der Waals surface area contributed by atoms with Gasteiger partial charge in [0, 0.05) is 4.88 Å². The molecule has 1 aromatic rings. The summed E-state index contributed by atoms with van der Waals surface area (Å²) < 4.78 is 0. The summed E-state index contributed by atoms with van der Waals surface area (Å²) in [5, 5.41) is 5.04. The zero-order chi connectivity index (χ0) is 12.1. The smallest absolute Gasteiger partial charge is 0.237 e. The van der Waals surface area contributed by atoms with Crippen molar-refractivity contribution in [3.8, 4) is 0 Å². The monoisotopic (exact) mass is 240 g/mol. The molecular weight excluding hydrogens is 220 g/mol. The first-order valence-corrected chi connectivity index (χ1v) is 6.53.